The Morgan fingerprint density at radius 1 is 1.08 bits per heavy atom. The molecule has 7 nitrogen and oxygen atoms in total. The van der Waals surface area contributed by atoms with Gasteiger partial charge in [0, 0.05) is 24.4 Å². The molecule has 4 aliphatic rings. The van der Waals surface area contributed by atoms with E-state index in [9.17, 15) is 14.4 Å². The zero-order valence-corrected chi connectivity index (χ0v) is 22.8. The van der Waals surface area contributed by atoms with Crippen LogP contribution < -0.4 is 4.74 Å². The molecule has 1 aromatic rings. The van der Waals surface area contributed by atoms with Crippen LogP contribution in [0.3, 0.4) is 0 Å². The zero-order chi connectivity index (χ0) is 26.5. The first kappa shape index (κ1) is 26.1. The van der Waals surface area contributed by atoms with E-state index in [4.69, 9.17) is 14.2 Å². The molecule has 3 aliphatic heterocycles. The molecule has 1 saturated carbocycles. The van der Waals surface area contributed by atoms with Gasteiger partial charge in [-0.25, -0.2) is 4.79 Å². The third kappa shape index (κ3) is 5.37. The fraction of sp³-hybridized carbons (Fsp3) is 0.700. The van der Waals surface area contributed by atoms with E-state index in [1.165, 1.54) is 7.11 Å². The molecule has 3 heterocycles. The van der Waals surface area contributed by atoms with Crippen molar-refractivity contribution in [2.24, 2.45) is 17.8 Å². The minimum atomic E-state index is -0.522. The van der Waals surface area contributed by atoms with E-state index in [1.54, 1.807) is 0 Å². The number of piperidine rings is 2. The van der Waals surface area contributed by atoms with Crippen LogP contribution in [-0.4, -0.2) is 53.6 Å². The molecule has 2 bridgehead atoms. The highest BCUT2D eigenvalue weighted by molar-refractivity contribution is 6.00. The summed E-state index contributed by atoms with van der Waals surface area (Å²) in [7, 11) is 1.44. The molecule has 0 N–H and O–H groups in total. The molecule has 1 aromatic carbocycles. The molecule has 0 aromatic heterocycles. The van der Waals surface area contributed by atoms with E-state index in [-0.39, 0.29) is 53.8 Å². The minimum Gasteiger partial charge on any atom is -0.489 e. The second-order valence-corrected chi connectivity index (χ2v) is 12.6. The number of hydrogen-bond donors (Lipinski definition) is 0. The number of hydrogen-bond acceptors (Lipinski definition) is 6. The Balaban J connectivity index is 1.34. The van der Waals surface area contributed by atoms with Gasteiger partial charge in [-0.15, -0.1) is 0 Å². The van der Waals surface area contributed by atoms with Gasteiger partial charge in [-0.3, -0.25) is 9.59 Å². The molecule has 0 radical (unpaired) electrons. The highest BCUT2D eigenvalue weighted by atomic mass is 16.6. The molecule has 1 amide bonds. The Bertz CT molecular complexity index is 1040. The van der Waals surface area contributed by atoms with E-state index in [2.05, 4.69) is 0 Å². The van der Waals surface area contributed by atoms with Gasteiger partial charge in [0.1, 0.15) is 17.5 Å². The highest BCUT2D eigenvalue weighted by Crippen LogP contribution is 2.49. The van der Waals surface area contributed by atoms with Gasteiger partial charge in [-0.2, -0.15) is 0 Å². The third-order valence-corrected chi connectivity index (χ3v) is 8.74. The van der Waals surface area contributed by atoms with Crippen LogP contribution in [0.15, 0.2) is 18.2 Å². The molecule has 1 aliphatic carbocycles. The van der Waals surface area contributed by atoms with E-state index in [0.29, 0.717) is 23.7 Å². The van der Waals surface area contributed by atoms with Crippen molar-refractivity contribution in [3.05, 3.63) is 29.3 Å². The Morgan fingerprint density at radius 2 is 1.76 bits per heavy atom. The number of carbonyl (C=O) groups excluding carboxylic acids is 3. The number of amides is 1. The summed E-state index contributed by atoms with van der Waals surface area (Å²) < 4.78 is 17.3. The summed E-state index contributed by atoms with van der Waals surface area (Å²) in [5, 5.41) is 0. The fourth-order valence-corrected chi connectivity index (χ4v) is 6.93. The predicted molar refractivity (Wildman–Crippen MR) is 139 cm³/mol. The van der Waals surface area contributed by atoms with E-state index >= 15 is 0 Å². The first-order valence-electron chi connectivity index (χ1n) is 14.0. The molecule has 3 unspecified atom stereocenters. The second kappa shape index (κ2) is 9.95. The van der Waals surface area contributed by atoms with Crippen LogP contribution in [0, 0.1) is 17.8 Å². The number of fused-ring (bicyclic) bond motifs is 3. The fourth-order valence-electron chi connectivity index (χ4n) is 6.93. The van der Waals surface area contributed by atoms with E-state index in [1.807, 2.05) is 50.8 Å². The number of ether oxygens (including phenoxy) is 3. The lowest BCUT2D eigenvalue weighted by molar-refractivity contribution is -0.145. The predicted octanol–water partition coefficient (Wildman–Crippen LogP) is 5.89. The topological polar surface area (TPSA) is 82.1 Å². The Morgan fingerprint density at radius 3 is 2.35 bits per heavy atom. The SMILES string of the molecule is COC(=O)[C@@H](C)[C@H](c1ccc2c(c1)OC(C1CC3CCCC(C1)N3C(=O)OC(C)(C)C)CC2=O)C1CC1. The van der Waals surface area contributed by atoms with Gasteiger partial charge in [-0.05, 0) is 95.2 Å². The standard InChI is InChI=1S/C30H41NO6/c1-17(28(33)35-5)27(18-9-10-18)19-11-12-23-24(32)16-25(36-26(23)15-19)20-13-21-7-6-8-22(14-20)31(21)29(34)37-30(2,3)4/h11-12,15,17-18,20-22,25,27H,6-10,13-14,16H2,1-5H3/t17-,20?,21?,22?,25?,27-/m0/s1. The van der Waals surface area contributed by atoms with Crippen LogP contribution in [0.4, 0.5) is 4.79 Å². The largest absolute Gasteiger partial charge is 0.489 e. The number of methoxy groups -OCH3 is 1. The van der Waals surface area contributed by atoms with Crippen LogP contribution in [0.2, 0.25) is 0 Å². The maximum atomic E-state index is 13.2. The maximum Gasteiger partial charge on any atom is 0.410 e. The van der Waals surface area contributed by atoms with Crippen LogP contribution in [-0.2, 0) is 14.3 Å². The smallest absolute Gasteiger partial charge is 0.410 e. The summed E-state index contributed by atoms with van der Waals surface area (Å²) >= 11 is 0. The molecule has 7 heteroatoms. The van der Waals surface area contributed by atoms with Crippen molar-refractivity contribution in [1.82, 2.24) is 4.90 Å². The van der Waals surface area contributed by atoms with Crippen molar-refractivity contribution in [2.45, 2.75) is 109 Å². The second-order valence-electron chi connectivity index (χ2n) is 12.6. The van der Waals surface area contributed by atoms with Crippen LogP contribution in [0.25, 0.3) is 0 Å². The molecule has 202 valence electrons. The quantitative estimate of drug-likeness (QED) is 0.459. The van der Waals surface area contributed by atoms with Crippen molar-refractivity contribution in [2.75, 3.05) is 7.11 Å². The van der Waals surface area contributed by atoms with Crippen LogP contribution >= 0.6 is 0 Å². The van der Waals surface area contributed by atoms with Gasteiger partial charge in [-0.1, -0.05) is 13.0 Å². The lowest BCUT2D eigenvalue weighted by Crippen LogP contribution is -2.57. The van der Waals surface area contributed by atoms with Crippen molar-refractivity contribution in [3.63, 3.8) is 0 Å². The van der Waals surface area contributed by atoms with Gasteiger partial charge >= 0.3 is 12.1 Å². The molecule has 37 heavy (non-hydrogen) atoms. The minimum absolute atomic E-state index is 0.0632. The normalized spacial score (nSPS) is 29.0. The molecule has 0 spiro atoms. The number of Topliss-reactive ketones (excluding diaryl/α,β-unsaturated/α-hetero) is 1. The van der Waals surface area contributed by atoms with Gasteiger partial charge in [0.2, 0.25) is 0 Å². The van der Waals surface area contributed by atoms with Gasteiger partial charge in [0.25, 0.3) is 0 Å². The molecule has 3 fully saturated rings. The average molecular weight is 512 g/mol. The summed E-state index contributed by atoms with van der Waals surface area (Å²) in [5.74, 6) is 1.03. The lowest BCUT2D eigenvalue weighted by atomic mass is 9.74. The number of rotatable bonds is 5. The molecule has 5 rings (SSSR count). The van der Waals surface area contributed by atoms with E-state index in [0.717, 1.165) is 50.5 Å². The van der Waals surface area contributed by atoms with Gasteiger partial charge in [0.15, 0.2) is 5.78 Å². The number of benzene rings is 1. The summed E-state index contributed by atoms with van der Waals surface area (Å²) in [5.41, 5.74) is 1.16. The Labute approximate surface area is 220 Å². The highest BCUT2D eigenvalue weighted by Gasteiger charge is 2.46. The van der Waals surface area contributed by atoms with E-state index < -0.39 is 5.60 Å². The molecule has 5 atom stereocenters. The number of esters is 1. The molecular weight excluding hydrogens is 470 g/mol. The summed E-state index contributed by atoms with van der Waals surface area (Å²) in [6.07, 6.45) is 6.84. The third-order valence-electron chi connectivity index (χ3n) is 8.74. The Hall–Kier alpha value is -2.57. The number of carbonyl (C=O) groups is 3. The van der Waals surface area contributed by atoms with Crippen molar-refractivity contribution in [1.29, 1.82) is 0 Å². The van der Waals surface area contributed by atoms with Crippen molar-refractivity contribution >= 4 is 17.8 Å². The summed E-state index contributed by atoms with van der Waals surface area (Å²) in [4.78, 5) is 40.5. The molecular formula is C30H41NO6. The maximum absolute atomic E-state index is 13.2. The lowest BCUT2D eigenvalue weighted by Gasteiger charge is -2.50. The van der Waals surface area contributed by atoms with Crippen LogP contribution in [0.5, 0.6) is 5.75 Å². The summed E-state index contributed by atoms with van der Waals surface area (Å²) in [6.45, 7) is 7.64. The average Bonchev–Trinajstić information content (AvgIpc) is 3.66. The van der Waals surface area contributed by atoms with Gasteiger partial charge < -0.3 is 19.1 Å². The summed E-state index contributed by atoms with van der Waals surface area (Å²) in [6, 6.07) is 6.12. The first-order valence-corrected chi connectivity index (χ1v) is 14.0. The monoisotopic (exact) mass is 511 g/mol. The van der Waals surface area contributed by atoms with Crippen molar-refractivity contribution < 1.29 is 28.6 Å². The zero-order valence-electron chi connectivity index (χ0n) is 22.8. The number of ketones is 1. The van der Waals surface area contributed by atoms with Crippen LogP contribution in [0.1, 0.15) is 101 Å². The molecule has 2 saturated heterocycles. The first-order chi connectivity index (χ1) is 17.6. The Kier molecular flexibility index (Phi) is 7.01. The van der Waals surface area contributed by atoms with Gasteiger partial charge in [0.05, 0.1) is 18.6 Å². The number of nitrogens with zero attached hydrogens (tertiary/aromatic N) is 1. The van der Waals surface area contributed by atoms with Crippen molar-refractivity contribution in [3.8, 4) is 5.75 Å².